The molecule has 0 unspecified atom stereocenters. The predicted octanol–water partition coefficient (Wildman–Crippen LogP) is 3.30. The summed E-state index contributed by atoms with van der Waals surface area (Å²) in [5, 5.41) is 9.82. The number of nitrogens with one attached hydrogen (secondary N) is 2. The molecule has 2 aromatic rings. The van der Waals surface area contributed by atoms with E-state index < -0.39 is 6.04 Å². The number of pyridine rings is 1. The standard InChI is InChI=1S/C23H27N5O2/c1-5-6-7-9-15(2)12-17-14-19(27-26-17)22(29)25-20-13-16(3)18-10-8-11-24-21(18)28(4)23(20)30/h5-11,14,16,20H,2,12-13H2,1,3-4H3,(H,25,29)(H,26,27)/b6-5-,9-7-/t16-,20+/m0/s1. The minimum atomic E-state index is -0.648. The fourth-order valence-corrected chi connectivity index (χ4v) is 3.52. The molecule has 7 heteroatoms. The van der Waals surface area contributed by atoms with Crippen molar-refractivity contribution in [2.75, 3.05) is 11.9 Å². The fourth-order valence-electron chi connectivity index (χ4n) is 3.52. The second kappa shape index (κ2) is 9.35. The van der Waals surface area contributed by atoms with Crippen molar-refractivity contribution in [2.45, 2.75) is 38.6 Å². The van der Waals surface area contributed by atoms with Crippen LogP contribution in [0.15, 0.2) is 60.9 Å². The second-order valence-corrected chi connectivity index (χ2v) is 7.47. The Morgan fingerprint density at radius 3 is 3.00 bits per heavy atom. The fraction of sp³-hybridized carbons (Fsp3) is 0.304. The van der Waals surface area contributed by atoms with Crippen LogP contribution >= 0.6 is 0 Å². The van der Waals surface area contributed by atoms with Crippen LogP contribution in [-0.4, -0.2) is 40.1 Å². The Balaban J connectivity index is 1.68. The van der Waals surface area contributed by atoms with E-state index in [-0.39, 0.29) is 23.4 Å². The van der Waals surface area contributed by atoms with E-state index in [0.717, 1.165) is 16.8 Å². The number of hydrogen-bond donors (Lipinski definition) is 2. The van der Waals surface area contributed by atoms with Crippen LogP contribution in [0.25, 0.3) is 0 Å². The lowest BCUT2D eigenvalue weighted by molar-refractivity contribution is -0.120. The molecule has 2 aromatic heterocycles. The summed E-state index contributed by atoms with van der Waals surface area (Å²) in [6, 6.07) is 4.87. The van der Waals surface area contributed by atoms with Gasteiger partial charge in [0.25, 0.3) is 5.91 Å². The number of rotatable bonds is 6. The van der Waals surface area contributed by atoms with E-state index in [2.05, 4.69) is 27.1 Å². The summed E-state index contributed by atoms with van der Waals surface area (Å²) in [5.41, 5.74) is 2.92. The lowest BCUT2D eigenvalue weighted by Crippen LogP contribution is -2.47. The van der Waals surface area contributed by atoms with E-state index in [1.54, 1.807) is 19.3 Å². The van der Waals surface area contributed by atoms with Crippen molar-refractivity contribution in [3.63, 3.8) is 0 Å². The number of amides is 2. The van der Waals surface area contributed by atoms with Crippen LogP contribution in [0.5, 0.6) is 0 Å². The molecule has 0 bridgehead atoms. The van der Waals surface area contributed by atoms with Crippen LogP contribution in [-0.2, 0) is 11.2 Å². The summed E-state index contributed by atoms with van der Waals surface area (Å²) in [5.74, 6) is 0.143. The summed E-state index contributed by atoms with van der Waals surface area (Å²) in [7, 11) is 1.69. The van der Waals surface area contributed by atoms with Crippen LogP contribution in [0.3, 0.4) is 0 Å². The molecule has 1 aliphatic heterocycles. The normalized spacial score (nSPS) is 19.2. The molecule has 30 heavy (non-hydrogen) atoms. The average molecular weight is 406 g/mol. The zero-order chi connectivity index (χ0) is 21.7. The minimum absolute atomic E-state index is 0.0786. The van der Waals surface area contributed by atoms with Crippen LogP contribution in [0, 0.1) is 0 Å². The summed E-state index contributed by atoms with van der Waals surface area (Å²) < 4.78 is 0. The maximum atomic E-state index is 12.9. The van der Waals surface area contributed by atoms with Gasteiger partial charge in [0, 0.05) is 25.4 Å². The smallest absolute Gasteiger partial charge is 0.272 e. The third kappa shape index (κ3) is 4.74. The molecule has 156 valence electrons. The van der Waals surface area contributed by atoms with Crippen molar-refractivity contribution in [3.8, 4) is 0 Å². The van der Waals surface area contributed by atoms with Gasteiger partial charge < -0.3 is 5.32 Å². The van der Waals surface area contributed by atoms with Crippen molar-refractivity contribution in [1.29, 1.82) is 0 Å². The lowest BCUT2D eigenvalue weighted by atomic mass is 9.95. The zero-order valence-corrected chi connectivity index (χ0v) is 17.6. The largest absolute Gasteiger partial charge is 0.339 e. The Kier molecular flexibility index (Phi) is 6.61. The van der Waals surface area contributed by atoms with Gasteiger partial charge in [0.15, 0.2) is 0 Å². The van der Waals surface area contributed by atoms with E-state index in [1.807, 2.05) is 50.3 Å². The van der Waals surface area contributed by atoms with Gasteiger partial charge in [0.05, 0.1) is 0 Å². The first kappa shape index (κ1) is 21.2. The SMILES string of the molecule is C=C(/C=C\C=C/C)Cc1cc(C(=O)N[C@@H]2C[C@H](C)c3cccnc3N(C)C2=O)n[nH]1. The first-order valence-electron chi connectivity index (χ1n) is 9.95. The Morgan fingerprint density at radius 2 is 2.23 bits per heavy atom. The molecule has 0 aliphatic carbocycles. The van der Waals surface area contributed by atoms with E-state index in [4.69, 9.17) is 0 Å². The number of hydrogen-bond acceptors (Lipinski definition) is 4. The van der Waals surface area contributed by atoms with Crippen molar-refractivity contribution < 1.29 is 9.59 Å². The zero-order valence-electron chi connectivity index (χ0n) is 17.6. The summed E-state index contributed by atoms with van der Waals surface area (Å²) >= 11 is 0. The van der Waals surface area contributed by atoms with Crippen molar-refractivity contribution >= 4 is 17.6 Å². The number of carbonyl (C=O) groups is 2. The highest BCUT2D eigenvalue weighted by Gasteiger charge is 2.33. The molecule has 0 aromatic carbocycles. The van der Waals surface area contributed by atoms with Gasteiger partial charge in [-0.2, -0.15) is 5.10 Å². The third-order valence-electron chi connectivity index (χ3n) is 5.11. The number of aromatic nitrogens is 3. The Bertz CT molecular complexity index is 1000. The molecule has 2 N–H and O–H groups in total. The molecule has 0 radical (unpaired) electrons. The molecule has 1 aliphatic rings. The van der Waals surface area contributed by atoms with Crippen LogP contribution in [0.2, 0.25) is 0 Å². The van der Waals surface area contributed by atoms with Crippen molar-refractivity contribution in [2.24, 2.45) is 0 Å². The highest BCUT2D eigenvalue weighted by molar-refractivity contribution is 6.02. The Labute approximate surface area is 176 Å². The maximum absolute atomic E-state index is 12.9. The van der Waals surface area contributed by atoms with E-state index in [9.17, 15) is 9.59 Å². The molecule has 2 amide bonds. The van der Waals surface area contributed by atoms with Gasteiger partial charge in [-0.3, -0.25) is 19.6 Å². The van der Waals surface area contributed by atoms with Gasteiger partial charge in [-0.25, -0.2) is 4.98 Å². The first-order chi connectivity index (χ1) is 14.4. The molecule has 3 heterocycles. The van der Waals surface area contributed by atoms with E-state index in [0.29, 0.717) is 18.7 Å². The molecule has 2 atom stereocenters. The molecule has 0 fully saturated rings. The van der Waals surface area contributed by atoms with Gasteiger partial charge in [0.2, 0.25) is 5.91 Å². The number of nitrogens with zero attached hydrogens (tertiary/aromatic N) is 3. The monoisotopic (exact) mass is 405 g/mol. The van der Waals surface area contributed by atoms with Gasteiger partial charge in [0.1, 0.15) is 17.6 Å². The number of fused-ring (bicyclic) bond motifs is 1. The predicted molar refractivity (Wildman–Crippen MR) is 117 cm³/mol. The van der Waals surface area contributed by atoms with Crippen LogP contribution in [0.1, 0.15) is 47.9 Å². The molecular formula is C23H27N5O2. The van der Waals surface area contributed by atoms with Crippen molar-refractivity contribution in [3.05, 3.63) is 77.8 Å². The molecule has 3 rings (SSSR count). The molecule has 0 spiro atoms. The molecule has 7 nitrogen and oxygen atoms in total. The van der Waals surface area contributed by atoms with Gasteiger partial charge in [-0.1, -0.05) is 43.9 Å². The highest BCUT2D eigenvalue weighted by Crippen LogP contribution is 2.32. The molecule has 0 saturated carbocycles. The number of aromatic amines is 1. The lowest BCUT2D eigenvalue weighted by Gasteiger charge is -2.20. The number of carbonyl (C=O) groups excluding carboxylic acids is 2. The maximum Gasteiger partial charge on any atom is 0.272 e. The number of anilines is 1. The first-order valence-corrected chi connectivity index (χ1v) is 9.95. The second-order valence-electron chi connectivity index (χ2n) is 7.47. The molecular weight excluding hydrogens is 378 g/mol. The summed E-state index contributed by atoms with van der Waals surface area (Å²) in [6.07, 6.45) is 10.4. The van der Waals surface area contributed by atoms with E-state index >= 15 is 0 Å². The quantitative estimate of drug-likeness (QED) is 0.722. The van der Waals surface area contributed by atoms with Crippen molar-refractivity contribution in [1.82, 2.24) is 20.5 Å². The van der Waals surface area contributed by atoms with Crippen LogP contribution in [0.4, 0.5) is 5.82 Å². The topological polar surface area (TPSA) is 91.0 Å². The molecule has 0 saturated heterocycles. The Hall–Kier alpha value is -3.48. The third-order valence-corrected chi connectivity index (χ3v) is 5.11. The van der Waals surface area contributed by atoms with E-state index in [1.165, 1.54) is 4.90 Å². The van der Waals surface area contributed by atoms with Gasteiger partial charge in [-0.05, 0) is 42.5 Å². The van der Waals surface area contributed by atoms with Gasteiger partial charge >= 0.3 is 0 Å². The Morgan fingerprint density at radius 1 is 1.43 bits per heavy atom. The van der Waals surface area contributed by atoms with Crippen LogP contribution < -0.4 is 10.2 Å². The highest BCUT2D eigenvalue weighted by atomic mass is 16.2. The number of H-pyrrole nitrogens is 1. The average Bonchev–Trinajstić information content (AvgIpc) is 3.17. The number of likely N-dealkylation sites (N-methyl/N-ethyl adjacent to an activating group) is 1. The number of allylic oxidation sites excluding steroid dienone is 5. The summed E-state index contributed by atoms with van der Waals surface area (Å²) in [6.45, 7) is 7.98. The minimum Gasteiger partial charge on any atom is -0.339 e. The van der Waals surface area contributed by atoms with Gasteiger partial charge in [-0.15, -0.1) is 0 Å². The summed E-state index contributed by atoms with van der Waals surface area (Å²) in [4.78, 5) is 31.5.